The van der Waals surface area contributed by atoms with Crippen LogP contribution in [0, 0.1) is 0 Å². The van der Waals surface area contributed by atoms with Crippen molar-refractivity contribution >= 4 is 11.9 Å². The van der Waals surface area contributed by atoms with Crippen molar-refractivity contribution in [2.45, 2.75) is 244 Å². The molecule has 67 heavy (non-hydrogen) atoms. The topological polar surface area (TPSA) is 95.9 Å². The third-order valence-electron chi connectivity index (χ3n) is 11.6. The Morgan fingerprint density at radius 2 is 0.910 bits per heavy atom. The fourth-order valence-corrected chi connectivity index (χ4v) is 7.54. The van der Waals surface area contributed by atoms with E-state index in [1.165, 1.54) is 83.5 Å². The standard InChI is InChI=1S/C61H101NO5/c1-4-7-10-13-16-19-22-25-28-29-30-33-36-39-42-45-48-51-54-61(66)67-57(52-49-46-43-40-37-34-31-26-23-20-17-14-11-8-5-2)55-60(65)62-58(56-63)59(64)53-50-47-44-41-38-35-32-27-24-21-18-15-12-9-6-3/h8,10-11,13,16-17,19-20,22,25-26,28-31,33,37,40,46,49,57-59,63-64H,4-7,9,12,14-15,18,21,23-24,27,32,34-36,38-39,41-45,47-48,50-56H2,1-3H3,(H,62,65)/b11-8-,13-10+,19-16+,20-17-,25-22+,29-28+,31-26-,33-30+,40-37-,49-46-. The number of hydrogen-bond donors (Lipinski definition) is 3. The summed E-state index contributed by atoms with van der Waals surface area (Å²) in [5.41, 5.74) is 0. The van der Waals surface area contributed by atoms with Crippen molar-refractivity contribution in [3.05, 3.63) is 122 Å². The van der Waals surface area contributed by atoms with Crippen molar-refractivity contribution in [2.24, 2.45) is 0 Å². The van der Waals surface area contributed by atoms with Crippen LogP contribution in [0.2, 0.25) is 0 Å². The molecule has 0 aromatic heterocycles. The predicted octanol–water partition coefficient (Wildman–Crippen LogP) is 16.8. The lowest BCUT2D eigenvalue weighted by Crippen LogP contribution is -2.46. The zero-order chi connectivity index (χ0) is 48.8. The molecule has 380 valence electrons. The highest BCUT2D eigenvalue weighted by Crippen LogP contribution is 2.16. The van der Waals surface area contributed by atoms with Gasteiger partial charge in [0.15, 0.2) is 0 Å². The minimum atomic E-state index is -0.825. The fourth-order valence-electron chi connectivity index (χ4n) is 7.54. The summed E-state index contributed by atoms with van der Waals surface area (Å²) in [7, 11) is 0. The third kappa shape index (κ3) is 48.5. The lowest BCUT2D eigenvalue weighted by Gasteiger charge is -2.24. The summed E-state index contributed by atoms with van der Waals surface area (Å²) < 4.78 is 5.87. The summed E-state index contributed by atoms with van der Waals surface area (Å²) in [6, 6.07) is -0.747. The lowest BCUT2D eigenvalue weighted by atomic mass is 10.0. The monoisotopic (exact) mass is 928 g/mol. The van der Waals surface area contributed by atoms with Gasteiger partial charge in [-0.05, 0) is 64.2 Å². The first kappa shape index (κ1) is 63.3. The average molecular weight is 928 g/mol. The number of aliphatic hydroxyl groups excluding tert-OH is 2. The van der Waals surface area contributed by atoms with E-state index in [1.54, 1.807) is 0 Å². The van der Waals surface area contributed by atoms with E-state index in [1.807, 2.05) is 36.5 Å². The van der Waals surface area contributed by atoms with Crippen molar-refractivity contribution < 1.29 is 24.5 Å². The quantitative estimate of drug-likeness (QED) is 0.0245. The molecular weight excluding hydrogens is 827 g/mol. The Bertz CT molecular complexity index is 1410. The maximum absolute atomic E-state index is 13.2. The first-order valence-corrected chi connectivity index (χ1v) is 27.3. The van der Waals surface area contributed by atoms with Gasteiger partial charge in [-0.1, -0.05) is 264 Å². The van der Waals surface area contributed by atoms with Gasteiger partial charge in [-0.2, -0.15) is 0 Å². The van der Waals surface area contributed by atoms with Gasteiger partial charge in [0.2, 0.25) is 5.91 Å². The Morgan fingerprint density at radius 3 is 1.40 bits per heavy atom. The number of rotatable bonds is 47. The zero-order valence-corrected chi connectivity index (χ0v) is 43.2. The van der Waals surface area contributed by atoms with E-state index in [-0.39, 0.29) is 24.9 Å². The van der Waals surface area contributed by atoms with Gasteiger partial charge >= 0.3 is 5.97 Å². The van der Waals surface area contributed by atoms with Crippen LogP contribution in [-0.2, 0) is 14.3 Å². The van der Waals surface area contributed by atoms with Crippen molar-refractivity contribution in [1.29, 1.82) is 0 Å². The highest BCUT2D eigenvalue weighted by molar-refractivity contribution is 5.77. The molecule has 3 N–H and O–H groups in total. The smallest absolute Gasteiger partial charge is 0.306 e. The number of carbonyl (C=O) groups excluding carboxylic acids is 2. The van der Waals surface area contributed by atoms with Gasteiger partial charge in [0.25, 0.3) is 0 Å². The van der Waals surface area contributed by atoms with E-state index < -0.39 is 18.2 Å². The van der Waals surface area contributed by atoms with E-state index >= 15 is 0 Å². The van der Waals surface area contributed by atoms with Gasteiger partial charge in [0, 0.05) is 12.8 Å². The molecule has 0 radical (unpaired) electrons. The second kappa shape index (κ2) is 53.2. The van der Waals surface area contributed by atoms with Crippen LogP contribution >= 0.6 is 0 Å². The van der Waals surface area contributed by atoms with E-state index in [9.17, 15) is 19.8 Å². The Kier molecular flexibility index (Phi) is 50.2. The van der Waals surface area contributed by atoms with Crippen molar-refractivity contribution in [1.82, 2.24) is 5.32 Å². The highest BCUT2D eigenvalue weighted by Gasteiger charge is 2.23. The number of amides is 1. The van der Waals surface area contributed by atoms with Crippen LogP contribution in [0.1, 0.15) is 226 Å². The Morgan fingerprint density at radius 1 is 0.478 bits per heavy atom. The number of carbonyl (C=O) groups is 2. The maximum Gasteiger partial charge on any atom is 0.306 e. The van der Waals surface area contributed by atoms with E-state index in [4.69, 9.17) is 4.74 Å². The lowest BCUT2D eigenvalue weighted by molar-refractivity contribution is -0.150. The van der Waals surface area contributed by atoms with Crippen molar-refractivity contribution in [3.63, 3.8) is 0 Å². The molecule has 6 heteroatoms. The van der Waals surface area contributed by atoms with Crippen LogP contribution in [0.4, 0.5) is 0 Å². The summed E-state index contributed by atoms with van der Waals surface area (Å²) in [5, 5.41) is 23.8. The van der Waals surface area contributed by atoms with Gasteiger partial charge < -0.3 is 20.3 Å². The van der Waals surface area contributed by atoms with Gasteiger partial charge in [0.05, 0.1) is 25.2 Å². The van der Waals surface area contributed by atoms with E-state index in [2.05, 4.69) is 111 Å². The van der Waals surface area contributed by atoms with Gasteiger partial charge in [-0.15, -0.1) is 0 Å². The number of allylic oxidation sites excluding steroid dienone is 19. The summed E-state index contributed by atoms with van der Waals surface area (Å²) in [6.45, 7) is 6.25. The number of unbranched alkanes of at least 4 members (excludes halogenated alkanes) is 20. The van der Waals surface area contributed by atoms with Crippen LogP contribution in [0.5, 0.6) is 0 Å². The summed E-state index contributed by atoms with van der Waals surface area (Å²) in [4.78, 5) is 26.2. The van der Waals surface area contributed by atoms with Crippen LogP contribution in [-0.4, -0.2) is 46.9 Å². The molecule has 0 heterocycles. The largest absolute Gasteiger partial charge is 0.461 e. The molecule has 3 unspecified atom stereocenters. The van der Waals surface area contributed by atoms with Crippen LogP contribution < -0.4 is 5.32 Å². The summed E-state index contributed by atoms with van der Waals surface area (Å²) in [5.74, 6) is -0.618. The first-order valence-electron chi connectivity index (χ1n) is 27.3. The summed E-state index contributed by atoms with van der Waals surface area (Å²) >= 11 is 0. The SMILES string of the molecule is CC/C=C\C/C=C\C/C=C\C/C=C\C/C=C\CC(CC(=O)NC(CO)C(O)CCCCCCCCCCCCCCCCC)OC(=O)CCCCCCC/C=C/C=C/C=C/C=C/C=C/CCC. The molecule has 1 amide bonds. The second-order valence-electron chi connectivity index (χ2n) is 18.0. The molecule has 3 atom stereocenters. The first-order chi connectivity index (χ1) is 33.0. The number of nitrogens with one attached hydrogen (secondary N) is 1. The van der Waals surface area contributed by atoms with E-state index in [0.717, 1.165) is 96.3 Å². The summed E-state index contributed by atoms with van der Waals surface area (Å²) in [6.07, 6.45) is 74.1. The second-order valence-corrected chi connectivity index (χ2v) is 18.0. The van der Waals surface area contributed by atoms with Crippen LogP contribution in [0.25, 0.3) is 0 Å². The molecule has 0 fully saturated rings. The Hall–Kier alpha value is -3.74. The van der Waals surface area contributed by atoms with Crippen molar-refractivity contribution in [3.8, 4) is 0 Å². The van der Waals surface area contributed by atoms with Crippen LogP contribution in [0.15, 0.2) is 122 Å². The van der Waals surface area contributed by atoms with E-state index in [0.29, 0.717) is 19.3 Å². The molecular formula is C61H101NO5. The van der Waals surface area contributed by atoms with Crippen molar-refractivity contribution in [2.75, 3.05) is 6.61 Å². The molecule has 0 aromatic rings. The normalized spacial score (nSPS) is 14.2. The molecule has 6 nitrogen and oxygen atoms in total. The Labute approximate surface area is 412 Å². The average Bonchev–Trinajstić information content (AvgIpc) is 3.32. The van der Waals surface area contributed by atoms with Gasteiger partial charge in [0.1, 0.15) is 6.10 Å². The van der Waals surface area contributed by atoms with Crippen LogP contribution in [0.3, 0.4) is 0 Å². The van der Waals surface area contributed by atoms with Gasteiger partial charge in [-0.3, -0.25) is 9.59 Å². The zero-order valence-electron chi connectivity index (χ0n) is 43.2. The number of esters is 1. The molecule has 0 bridgehead atoms. The Balaban J connectivity index is 4.76. The van der Waals surface area contributed by atoms with Gasteiger partial charge in [-0.25, -0.2) is 0 Å². The number of ether oxygens (including phenoxy) is 1. The third-order valence-corrected chi connectivity index (χ3v) is 11.6. The molecule has 0 spiro atoms. The highest BCUT2D eigenvalue weighted by atomic mass is 16.5. The molecule has 0 aliphatic heterocycles. The minimum absolute atomic E-state index is 0.0189. The molecule has 0 aliphatic carbocycles. The molecule has 0 rings (SSSR count). The molecule has 0 saturated carbocycles. The molecule has 0 aromatic carbocycles. The number of aliphatic hydroxyl groups is 2. The molecule has 0 saturated heterocycles. The minimum Gasteiger partial charge on any atom is -0.461 e. The number of hydrogen-bond acceptors (Lipinski definition) is 5. The maximum atomic E-state index is 13.2. The fraction of sp³-hybridized carbons (Fsp3) is 0.639. The predicted molar refractivity (Wildman–Crippen MR) is 291 cm³/mol. The molecule has 0 aliphatic rings.